The van der Waals surface area contributed by atoms with Crippen molar-refractivity contribution in [3.8, 4) is 0 Å². The topological polar surface area (TPSA) is 54.5 Å². The van der Waals surface area contributed by atoms with Gasteiger partial charge in [-0.2, -0.15) is 0 Å². The fourth-order valence-electron chi connectivity index (χ4n) is 3.23. The van der Waals surface area contributed by atoms with Crippen LogP contribution in [0.2, 0.25) is 0 Å². The molecule has 1 aromatic rings. The van der Waals surface area contributed by atoms with Crippen molar-refractivity contribution in [1.82, 2.24) is 4.90 Å². The highest BCUT2D eigenvalue weighted by molar-refractivity contribution is 7.91. The van der Waals surface area contributed by atoms with Gasteiger partial charge in [-0.1, -0.05) is 18.2 Å². The van der Waals surface area contributed by atoms with E-state index in [2.05, 4.69) is 12.2 Å². The maximum absolute atomic E-state index is 12.6. The van der Waals surface area contributed by atoms with Gasteiger partial charge in [0.25, 0.3) is 0 Å². The summed E-state index contributed by atoms with van der Waals surface area (Å²) in [6.07, 6.45) is 7.31. The lowest BCUT2D eigenvalue weighted by molar-refractivity contribution is -0.135. The van der Waals surface area contributed by atoms with E-state index in [0.717, 1.165) is 24.1 Å². The molecular weight excluding hydrogens is 318 g/mol. The van der Waals surface area contributed by atoms with Crippen molar-refractivity contribution in [2.24, 2.45) is 5.92 Å². The second kappa shape index (κ2) is 6.54. The maximum Gasteiger partial charge on any atom is 0.226 e. The van der Waals surface area contributed by atoms with Gasteiger partial charge in [0.2, 0.25) is 5.91 Å². The van der Waals surface area contributed by atoms with E-state index in [4.69, 9.17) is 0 Å². The summed E-state index contributed by atoms with van der Waals surface area (Å²) in [5.41, 5.74) is 0. The molecule has 4 nitrogen and oxygen atoms in total. The summed E-state index contributed by atoms with van der Waals surface area (Å²) in [7, 11) is -3.18. The smallest absolute Gasteiger partial charge is 0.226 e. The average Bonchev–Trinajstić information content (AvgIpc) is 2.99. The van der Waals surface area contributed by atoms with Gasteiger partial charge in [-0.25, -0.2) is 8.42 Å². The van der Waals surface area contributed by atoms with Gasteiger partial charge < -0.3 is 4.90 Å². The van der Waals surface area contributed by atoms with Crippen LogP contribution in [0, 0.1) is 5.92 Å². The molecule has 1 aliphatic carbocycles. The molecule has 0 bridgehead atoms. The van der Waals surface area contributed by atoms with Crippen molar-refractivity contribution in [3.05, 3.63) is 34.5 Å². The number of hydrogen-bond donors (Lipinski definition) is 0. The summed E-state index contributed by atoms with van der Waals surface area (Å²) in [6.45, 7) is 0.879. The summed E-state index contributed by atoms with van der Waals surface area (Å²) in [6, 6.07) is 3.77. The zero-order valence-electron chi connectivity index (χ0n) is 12.5. The van der Waals surface area contributed by atoms with Crippen molar-refractivity contribution < 1.29 is 13.2 Å². The van der Waals surface area contributed by atoms with Crippen LogP contribution in [-0.4, -0.2) is 38.1 Å². The Balaban J connectivity index is 1.73. The molecule has 2 heterocycles. The number of thiophene rings is 1. The number of hydrogen-bond acceptors (Lipinski definition) is 4. The highest BCUT2D eigenvalue weighted by Crippen LogP contribution is 2.33. The molecule has 1 saturated heterocycles. The van der Waals surface area contributed by atoms with Crippen LogP contribution in [0.4, 0.5) is 0 Å². The van der Waals surface area contributed by atoms with Crippen LogP contribution in [0.25, 0.3) is 0 Å². The van der Waals surface area contributed by atoms with E-state index in [1.165, 1.54) is 11.3 Å². The molecule has 1 aliphatic heterocycles. The van der Waals surface area contributed by atoms with E-state index in [9.17, 15) is 13.2 Å². The van der Waals surface area contributed by atoms with Crippen molar-refractivity contribution in [3.63, 3.8) is 0 Å². The first kappa shape index (κ1) is 15.7. The van der Waals surface area contributed by atoms with Crippen LogP contribution in [0.5, 0.6) is 0 Å². The molecule has 0 aromatic carbocycles. The van der Waals surface area contributed by atoms with Gasteiger partial charge in [0.05, 0.1) is 11.0 Å². The Kier molecular flexibility index (Phi) is 4.68. The molecule has 6 heteroatoms. The summed E-state index contributed by atoms with van der Waals surface area (Å²) < 4.78 is 25.0. The van der Waals surface area contributed by atoms with E-state index in [-0.39, 0.29) is 17.6 Å². The normalized spacial score (nSPS) is 28.3. The van der Waals surface area contributed by atoms with Crippen molar-refractivity contribution >= 4 is 27.1 Å². The molecule has 3 rings (SSSR count). The van der Waals surface area contributed by atoms with Crippen LogP contribution in [0.3, 0.4) is 0 Å². The molecule has 0 saturated carbocycles. The Hall–Kier alpha value is -1.14. The predicted octanol–water partition coefficient (Wildman–Crippen LogP) is 2.79. The standard InChI is InChI=1S/C16H21NO3S2/c18-16(13-5-2-1-3-6-13)17-9-8-15(14-7-4-11-21-14)22(19,20)12-10-17/h1-2,4,7,11,13,15H,3,5-6,8-10,12H2/t13-,15-/m1/s1. The molecule has 2 aliphatic rings. The Morgan fingerprint density at radius 3 is 2.77 bits per heavy atom. The van der Waals surface area contributed by atoms with Crippen LogP contribution in [0.1, 0.15) is 35.8 Å². The Bertz CT molecular complexity index is 649. The average molecular weight is 339 g/mol. The first-order valence-electron chi connectivity index (χ1n) is 7.76. The minimum atomic E-state index is -3.18. The van der Waals surface area contributed by atoms with Crippen molar-refractivity contribution in [1.29, 1.82) is 0 Å². The van der Waals surface area contributed by atoms with Crippen molar-refractivity contribution in [2.45, 2.75) is 30.9 Å². The van der Waals surface area contributed by atoms with Gasteiger partial charge in [-0.15, -0.1) is 11.3 Å². The van der Waals surface area contributed by atoms with Gasteiger partial charge in [-0.05, 0) is 37.1 Å². The van der Waals surface area contributed by atoms with Gasteiger partial charge in [0, 0.05) is 23.9 Å². The van der Waals surface area contributed by atoms with Gasteiger partial charge >= 0.3 is 0 Å². The van der Waals surface area contributed by atoms with E-state index in [1.54, 1.807) is 4.90 Å². The van der Waals surface area contributed by atoms with Gasteiger partial charge in [-0.3, -0.25) is 4.79 Å². The second-order valence-electron chi connectivity index (χ2n) is 5.97. The summed E-state index contributed by atoms with van der Waals surface area (Å²) in [5.74, 6) is 0.238. The molecule has 2 atom stereocenters. The molecule has 1 fully saturated rings. The van der Waals surface area contributed by atoms with Crippen molar-refractivity contribution in [2.75, 3.05) is 18.8 Å². The number of carbonyl (C=O) groups is 1. The quantitative estimate of drug-likeness (QED) is 0.779. The highest BCUT2D eigenvalue weighted by atomic mass is 32.2. The SMILES string of the molecule is O=C([C@@H]1CC=CCC1)N1CC[C@H](c2cccs2)S(=O)(=O)CC1. The molecule has 1 aromatic heterocycles. The summed E-state index contributed by atoms with van der Waals surface area (Å²) in [5, 5.41) is 1.46. The molecule has 120 valence electrons. The number of carbonyl (C=O) groups excluding carboxylic acids is 1. The Morgan fingerprint density at radius 1 is 1.23 bits per heavy atom. The summed E-state index contributed by atoms with van der Waals surface area (Å²) >= 11 is 1.49. The van der Waals surface area contributed by atoms with Gasteiger partial charge in [0.15, 0.2) is 9.84 Å². The number of nitrogens with zero attached hydrogens (tertiary/aromatic N) is 1. The first-order chi connectivity index (χ1) is 10.6. The predicted molar refractivity (Wildman–Crippen MR) is 88.5 cm³/mol. The molecule has 0 radical (unpaired) electrons. The molecule has 0 spiro atoms. The Morgan fingerprint density at radius 2 is 2.09 bits per heavy atom. The zero-order chi connectivity index (χ0) is 15.6. The minimum Gasteiger partial charge on any atom is -0.341 e. The number of amides is 1. The number of allylic oxidation sites excluding steroid dienone is 2. The van der Waals surface area contributed by atoms with Crippen LogP contribution >= 0.6 is 11.3 Å². The molecule has 1 amide bonds. The fraction of sp³-hybridized carbons (Fsp3) is 0.562. The third-order valence-electron chi connectivity index (χ3n) is 4.53. The van der Waals surface area contributed by atoms with Crippen LogP contribution in [0.15, 0.2) is 29.7 Å². The maximum atomic E-state index is 12.6. The number of sulfone groups is 1. The lowest BCUT2D eigenvalue weighted by atomic mass is 9.93. The van der Waals surface area contributed by atoms with E-state index >= 15 is 0 Å². The lowest BCUT2D eigenvalue weighted by Crippen LogP contribution is -2.38. The molecule has 0 unspecified atom stereocenters. The van der Waals surface area contributed by atoms with E-state index in [1.807, 2.05) is 17.5 Å². The number of rotatable bonds is 2. The minimum absolute atomic E-state index is 0.0333. The van der Waals surface area contributed by atoms with Crippen LogP contribution in [-0.2, 0) is 14.6 Å². The molecule has 0 N–H and O–H groups in total. The summed E-state index contributed by atoms with van der Waals surface area (Å²) in [4.78, 5) is 15.3. The Labute approximate surface area is 135 Å². The second-order valence-corrected chi connectivity index (χ2v) is 9.25. The monoisotopic (exact) mass is 339 g/mol. The third-order valence-corrected chi connectivity index (χ3v) is 7.77. The third kappa shape index (κ3) is 3.27. The van der Waals surface area contributed by atoms with Gasteiger partial charge in [0.1, 0.15) is 0 Å². The largest absolute Gasteiger partial charge is 0.341 e. The molecular formula is C16H21NO3S2. The highest BCUT2D eigenvalue weighted by Gasteiger charge is 2.34. The zero-order valence-corrected chi connectivity index (χ0v) is 14.1. The van der Waals surface area contributed by atoms with E-state index < -0.39 is 15.1 Å². The first-order valence-corrected chi connectivity index (χ1v) is 10.4. The lowest BCUT2D eigenvalue weighted by Gasteiger charge is -2.26. The molecule has 22 heavy (non-hydrogen) atoms. The fourth-order valence-corrected chi connectivity index (χ4v) is 6.24. The van der Waals surface area contributed by atoms with Crippen LogP contribution < -0.4 is 0 Å². The van der Waals surface area contributed by atoms with E-state index in [0.29, 0.717) is 19.5 Å².